The standard InChI is InChI=1S/C19H22N4OS/c1-13-11-15(12-21-16(13)20-2)22-17(24)19(9-6-10-19)23(18(22)25)14-7-4-3-5-8-14/h11-12,14H,3-10H2,1H3. The lowest BCUT2D eigenvalue weighted by Gasteiger charge is -2.47. The van der Waals surface area contributed by atoms with E-state index in [-0.39, 0.29) is 5.91 Å². The normalized spacial score (nSPS) is 23.0. The Hall–Kier alpha value is -2.00. The van der Waals surface area contributed by atoms with Crippen LogP contribution in [0, 0.1) is 13.5 Å². The molecule has 6 heteroatoms. The lowest BCUT2D eigenvalue weighted by atomic mass is 9.74. The average Bonchev–Trinajstić information content (AvgIpc) is 2.82. The quantitative estimate of drug-likeness (QED) is 0.591. The van der Waals surface area contributed by atoms with Crippen molar-refractivity contribution in [2.24, 2.45) is 0 Å². The van der Waals surface area contributed by atoms with Gasteiger partial charge in [-0.15, -0.1) is 4.98 Å². The Balaban J connectivity index is 1.72. The van der Waals surface area contributed by atoms with Crippen LogP contribution in [0.15, 0.2) is 12.3 Å². The largest absolute Gasteiger partial charge is 0.360 e. The molecule has 2 aliphatic carbocycles. The molecule has 0 unspecified atom stereocenters. The van der Waals surface area contributed by atoms with Gasteiger partial charge in [-0.05, 0) is 62.9 Å². The molecule has 0 radical (unpaired) electrons. The second-order valence-electron chi connectivity index (χ2n) is 7.42. The Kier molecular flexibility index (Phi) is 3.99. The number of hydrogen-bond acceptors (Lipinski definition) is 3. The summed E-state index contributed by atoms with van der Waals surface area (Å²) in [6.07, 6.45) is 10.4. The van der Waals surface area contributed by atoms with Crippen LogP contribution in [0.1, 0.15) is 56.9 Å². The summed E-state index contributed by atoms with van der Waals surface area (Å²) in [5.41, 5.74) is 1.05. The third-order valence-corrected chi connectivity index (χ3v) is 6.36. The minimum atomic E-state index is -0.425. The molecule has 1 aromatic rings. The summed E-state index contributed by atoms with van der Waals surface area (Å²) < 4.78 is 0. The number of hydrogen-bond donors (Lipinski definition) is 0. The fourth-order valence-electron chi connectivity index (χ4n) is 4.52. The highest BCUT2D eigenvalue weighted by Gasteiger charge is 2.60. The van der Waals surface area contributed by atoms with E-state index in [0.29, 0.717) is 22.7 Å². The van der Waals surface area contributed by atoms with Crippen LogP contribution in [0.2, 0.25) is 0 Å². The van der Waals surface area contributed by atoms with Gasteiger partial charge in [-0.25, -0.2) is 0 Å². The number of thiocarbonyl (C=S) groups is 1. The highest BCUT2D eigenvalue weighted by Crippen LogP contribution is 2.48. The van der Waals surface area contributed by atoms with Crippen molar-refractivity contribution in [1.29, 1.82) is 0 Å². The van der Waals surface area contributed by atoms with Crippen molar-refractivity contribution in [2.45, 2.75) is 69.9 Å². The highest BCUT2D eigenvalue weighted by atomic mass is 32.1. The molecule has 0 atom stereocenters. The van der Waals surface area contributed by atoms with Crippen LogP contribution in [0.3, 0.4) is 0 Å². The number of aromatic nitrogens is 1. The summed E-state index contributed by atoms with van der Waals surface area (Å²) >= 11 is 5.80. The summed E-state index contributed by atoms with van der Waals surface area (Å²) in [7, 11) is 0. The van der Waals surface area contributed by atoms with Crippen molar-refractivity contribution in [3.8, 4) is 0 Å². The first-order valence-corrected chi connectivity index (χ1v) is 9.51. The van der Waals surface area contributed by atoms with Gasteiger partial charge in [0.1, 0.15) is 11.7 Å². The predicted molar refractivity (Wildman–Crippen MR) is 101 cm³/mol. The van der Waals surface area contributed by atoms with Crippen LogP contribution in [0.4, 0.5) is 11.5 Å². The van der Waals surface area contributed by atoms with Crippen LogP contribution in [0.5, 0.6) is 0 Å². The molecule has 0 N–H and O–H groups in total. The molecule has 3 fully saturated rings. The van der Waals surface area contributed by atoms with Crippen LogP contribution in [-0.2, 0) is 4.79 Å². The average molecular weight is 354 g/mol. The molecule has 1 aromatic heterocycles. The van der Waals surface area contributed by atoms with Gasteiger partial charge < -0.3 is 9.74 Å². The van der Waals surface area contributed by atoms with Crippen LogP contribution in [-0.4, -0.2) is 32.5 Å². The van der Waals surface area contributed by atoms with Gasteiger partial charge in [0.25, 0.3) is 11.7 Å². The molecule has 4 rings (SSSR count). The Morgan fingerprint density at radius 1 is 1.28 bits per heavy atom. The molecule has 25 heavy (non-hydrogen) atoms. The zero-order chi connectivity index (χ0) is 17.6. The second-order valence-corrected chi connectivity index (χ2v) is 7.78. The maximum atomic E-state index is 13.3. The lowest BCUT2D eigenvalue weighted by Crippen LogP contribution is -2.58. The van der Waals surface area contributed by atoms with E-state index in [0.717, 1.165) is 37.7 Å². The van der Waals surface area contributed by atoms with E-state index in [1.165, 1.54) is 19.3 Å². The van der Waals surface area contributed by atoms with Crippen molar-refractivity contribution in [3.05, 3.63) is 29.2 Å². The van der Waals surface area contributed by atoms with Gasteiger partial charge >= 0.3 is 0 Å². The van der Waals surface area contributed by atoms with E-state index in [9.17, 15) is 4.79 Å². The van der Waals surface area contributed by atoms with Gasteiger partial charge in [-0.1, -0.05) is 25.8 Å². The molecule has 1 spiro atoms. The molecule has 1 saturated heterocycles. The minimum Gasteiger partial charge on any atom is -0.360 e. The third-order valence-electron chi connectivity index (χ3n) is 5.98. The van der Waals surface area contributed by atoms with Crippen LogP contribution in [0.25, 0.3) is 4.85 Å². The van der Waals surface area contributed by atoms with Crippen molar-refractivity contribution in [2.75, 3.05) is 4.90 Å². The van der Waals surface area contributed by atoms with Crippen LogP contribution >= 0.6 is 12.2 Å². The molecule has 5 nitrogen and oxygen atoms in total. The molecule has 0 bridgehead atoms. The number of amides is 1. The van der Waals surface area contributed by atoms with E-state index in [2.05, 4.69) is 14.7 Å². The lowest BCUT2D eigenvalue weighted by molar-refractivity contribution is -0.130. The van der Waals surface area contributed by atoms with E-state index in [4.69, 9.17) is 18.8 Å². The number of nitrogens with zero attached hydrogens (tertiary/aromatic N) is 4. The minimum absolute atomic E-state index is 0.103. The number of carbonyl (C=O) groups is 1. The Morgan fingerprint density at radius 3 is 2.56 bits per heavy atom. The maximum absolute atomic E-state index is 13.3. The molecule has 3 aliphatic rings. The molecule has 1 amide bonds. The summed E-state index contributed by atoms with van der Waals surface area (Å²) in [5.74, 6) is 0.481. The second kappa shape index (κ2) is 6.06. The predicted octanol–water partition coefficient (Wildman–Crippen LogP) is 4.13. The maximum Gasteiger partial charge on any atom is 0.272 e. The Labute approximate surface area is 153 Å². The van der Waals surface area contributed by atoms with Crippen molar-refractivity contribution < 1.29 is 4.79 Å². The molecule has 2 saturated carbocycles. The van der Waals surface area contributed by atoms with E-state index < -0.39 is 5.54 Å². The summed E-state index contributed by atoms with van der Waals surface area (Å²) in [6, 6.07) is 2.24. The summed E-state index contributed by atoms with van der Waals surface area (Å²) in [4.78, 5) is 24.9. The third kappa shape index (κ3) is 2.36. The number of anilines is 1. The van der Waals surface area contributed by atoms with Gasteiger partial charge in [0.2, 0.25) is 0 Å². The SMILES string of the molecule is [C-]#[N+]c1ncc(N2C(=O)C3(CCC3)N(C3CCCCC3)C2=S)cc1C. The van der Waals surface area contributed by atoms with Crippen molar-refractivity contribution >= 4 is 34.7 Å². The molecular weight excluding hydrogens is 332 g/mol. The zero-order valence-corrected chi connectivity index (χ0v) is 15.3. The summed E-state index contributed by atoms with van der Waals surface area (Å²) in [6.45, 7) is 9.01. The molecule has 1 aliphatic heterocycles. The first kappa shape index (κ1) is 16.5. The van der Waals surface area contributed by atoms with Crippen molar-refractivity contribution in [3.63, 3.8) is 0 Å². The number of aryl methyl sites for hydroxylation is 1. The van der Waals surface area contributed by atoms with Gasteiger partial charge in [0, 0.05) is 6.04 Å². The monoisotopic (exact) mass is 354 g/mol. The molecule has 0 aromatic carbocycles. The van der Waals surface area contributed by atoms with Gasteiger partial charge in [-0.3, -0.25) is 9.69 Å². The smallest absolute Gasteiger partial charge is 0.272 e. The van der Waals surface area contributed by atoms with E-state index in [1.54, 1.807) is 11.1 Å². The van der Waals surface area contributed by atoms with Crippen molar-refractivity contribution in [1.82, 2.24) is 9.88 Å². The summed E-state index contributed by atoms with van der Waals surface area (Å²) in [5, 5.41) is 0.633. The number of carbonyl (C=O) groups excluding carboxylic acids is 1. The first-order valence-electron chi connectivity index (χ1n) is 9.10. The van der Waals surface area contributed by atoms with Gasteiger partial charge in [-0.2, -0.15) is 0 Å². The van der Waals surface area contributed by atoms with Gasteiger partial charge in [0.05, 0.1) is 5.69 Å². The highest BCUT2D eigenvalue weighted by molar-refractivity contribution is 7.80. The number of rotatable bonds is 2. The fourth-order valence-corrected chi connectivity index (χ4v) is 5.03. The Bertz CT molecular complexity index is 774. The van der Waals surface area contributed by atoms with E-state index >= 15 is 0 Å². The first-order chi connectivity index (χ1) is 12.1. The Morgan fingerprint density at radius 2 is 2.00 bits per heavy atom. The molecular formula is C19H22N4OS. The van der Waals surface area contributed by atoms with Crippen LogP contribution < -0.4 is 4.90 Å². The van der Waals surface area contributed by atoms with E-state index in [1.807, 2.05) is 13.0 Å². The fraction of sp³-hybridized carbons (Fsp3) is 0.579. The molecule has 130 valence electrons. The topological polar surface area (TPSA) is 40.8 Å². The molecule has 2 heterocycles. The number of pyridine rings is 1. The zero-order valence-electron chi connectivity index (χ0n) is 14.5. The van der Waals surface area contributed by atoms with Gasteiger partial charge in [0.15, 0.2) is 5.11 Å².